The van der Waals surface area contributed by atoms with E-state index in [9.17, 15) is 0 Å². The lowest BCUT2D eigenvalue weighted by atomic mass is 10.0. The molecule has 0 aromatic carbocycles. The van der Waals surface area contributed by atoms with Crippen molar-refractivity contribution in [1.82, 2.24) is 4.37 Å². The first kappa shape index (κ1) is 13.5. The van der Waals surface area contributed by atoms with E-state index in [0.717, 1.165) is 17.3 Å². The van der Waals surface area contributed by atoms with Crippen molar-refractivity contribution in [3.8, 4) is 5.75 Å². The van der Waals surface area contributed by atoms with Crippen molar-refractivity contribution in [3.63, 3.8) is 0 Å². The number of nitrogen functional groups attached to an aromatic ring is 1. The van der Waals surface area contributed by atoms with Crippen LogP contribution in [-0.2, 0) is 0 Å². The Hall–Kier alpha value is -0.970. The molecule has 5 heteroatoms. The van der Waals surface area contributed by atoms with Crippen LogP contribution < -0.4 is 15.8 Å². The van der Waals surface area contributed by atoms with E-state index in [0.29, 0.717) is 11.2 Å². The third-order valence-electron chi connectivity index (χ3n) is 3.39. The molecule has 0 bridgehead atoms. The molecule has 0 atom stereocenters. The van der Waals surface area contributed by atoms with Crippen LogP contribution in [0, 0.1) is 5.41 Å². The van der Waals surface area contributed by atoms with E-state index in [-0.39, 0.29) is 6.10 Å². The second kappa shape index (κ2) is 5.34. The van der Waals surface area contributed by atoms with Gasteiger partial charge in [-0.05, 0) is 50.1 Å². The summed E-state index contributed by atoms with van der Waals surface area (Å²) in [6.45, 7) is 7.26. The summed E-state index contributed by atoms with van der Waals surface area (Å²) in [6, 6.07) is 0. The smallest absolute Gasteiger partial charge is 0.197 e. The van der Waals surface area contributed by atoms with Crippen molar-refractivity contribution in [2.45, 2.75) is 52.6 Å². The Labute approximate surface area is 113 Å². The molecule has 1 aliphatic rings. The molecule has 1 heterocycles. The zero-order chi connectivity index (χ0) is 13.2. The normalized spacial score (nSPS) is 16.9. The Morgan fingerprint density at radius 1 is 1.50 bits per heavy atom. The van der Waals surface area contributed by atoms with Crippen LogP contribution in [0.25, 0.3) is 0 Å². The predicted molar refractivity (Wildman–Crippen MR) is 77.4 cm³/mol. The highest BCUT2D eigenvalue weighted by molar-refractivity contribution is 7.11. The predicted octanol–water partition coefficient (Wildman–Crippen LogP) is 3.50. The molecular weight excluding hydrogens is 246 g/mol. The summed E-state index contributed by atoms with van der Waals surface area (Å²) in [4.78, 5) is 0. The zero-order valence-corrected chi connectivity index (χ0v) is 12.3. The van der Waals surface area contributed by atoms with Gasteiger partial charge in [-0.3, -0.25) is 0 Å². The van der Waals surface area contributed by atoms with Gasteiger partial charge in [-0.1, -0.05) is 13.3 Å². The number of ether oxygens (including phenoxy) is 1. The van der Waals surface area contributed by atoms with Crippen molar-refractivity contribution in [2.24, 2.45) is 5.41 Å². The number of nitrogens with zero attached hydrogens (tertiary/aromatic N) is 1. The fourth-order valence-corrected chi connectivity index (χ4v) is 2.89. The Morgan fingerprint density at radius 3 is 2.78 bits per heavy atom. The zero-order valence-electron chi connectivity index (χ0n) is 11.5. The van der Waals surface area contributed by atoms with Crippen LogP contribution in [0.3, 0.4) is 0 Å². The van der Waals surface area contributed by atoms with Crippen molar-refractivity contribution < 1.29 is 4.74 Å². The van der Waals surface area contributed by atoms with Gasteiger partial charge in [0.15, 0.2) is 16.6 Å². The topological polar surface area (TPSA) is 60.2 Å². The van der Waals surface area contributed by atoms with Gasteiger partial charge in [0, 0.05) is 6.54 Å². The molecule has 0 saturated heterocycles. The lowest BCUT2D eigenvalue weighted by Crippen LogP contribution is -2.15. The van der Waals surface area contributed by atoms with Crippen LogP contribution in [0.1, 0.15) is 46.5 Å². The van der Waals surface area contributed by atoms with Crippen molar-refractivity contribution >= 4 is 22.4 Å². The maximum Gasteiger partial charge on any atom is 0.197 e. The standard InChI is InChI=1S/C13H23N3OS/c1-4-5-13(6-7-13)8-15-12-10(17-9(2)3)11(14)16-18-12/h9,15H,4-8H2,1-3H3,(H2,14,16). The summed E-state index contributed by atoms with van der Waals surface area (Å²) in [6.07, 6.45) is 5.34. The number of anilines is 2. The van der Waals surface area contributed by atoms with Gasteiger partial charge < -0.3 is 15.8 Å². The molecule has 18 heavy (non-hydrogen) atoms. The summed E-state index contributed by atoms with van der Waals surface area (Å²) < 4.78 is 9.89. The highest BCUT2D eigenvalue weighted by Gasteiger charge is 2.41. The Bertz CT molecular complexity index is 399. The van der Waals surface area contributed by atoms with Crippen molar-refractivity contribution in [3.05, 3.63) is 0 Å². The van der Waals surface area contributed by atoms with E-state index < -0.39 is 0 Å². The minimum atomic E-state index is 0.120. The molecule has 0 spiro atoms. The van der Waals surface area contributed by atoms with Gasteiger partial charge in [0.2, 0.25) is 0 Å². The average Bonchev–Trinajstić information content (AvgIpc) is 2.99. The molecule has 1 aromatic rings. The fraction of sp³-hybridized carbons (Fsp3) is 0.769. The van der Waals surface area contributed by atoms with E-state index in [1.54, 1.807) is 0 Å². The minimum absolute atomic E-state index is 0.120. The van der Waals surface area contributed by atoms with Crippen LogP contribution >= 0.6 is 11.5 Å². The van der Waals surface area contributed by atoms with Gasteiger partial charge in [0.1, 0.15) is 0 Å². The van der Waals surface area contributed by atoms with Crippen LogP contribution in [0.15, 0.2) is 0 Å². The molecule has 102 valence electrons. The van der Waals surface area contributed by atoms with E-state index >= 15 is 0 Å². The van der Waals surface area contributed by atoms with Gasteiger partial charge in [-0.25, -0.2) is 0 Å². The molecule has 2 rings (SSSR count). The minimum Gasteiger partial charge on any atom is -0.484 e. The second-order valence-electron chi connectivity index (χ2n) is 5.50. The quantitative estimate of drug-likeness (QED) is 0.795. The van der Waals surface area contributed by atoms with E-state index in [2.05, 4.69) is 16.6 Å². The Morgan fingerprint density at radius 2 is 2.22 bits per heavy atom. The van der Waals surface area contributed by atoms with E-state index in [1.807, 2.05) is 13.8 Å². The molecular formula is C13H23N3OS. The highest BCUT2D eigenvalue weighted by atomic mass is 32.1. The fourth-order valence-electron chi connectivity index (χ4n) is 2.25. The molecule has 1 aliphatic carbocycles. The maximum absolute atomic E-state index is 5.84. The van der Waals surface area contributed by atoms with Crippen LogP contribution in [0.4, 0.5) is 10.8 Å². The number of aromatic nitrogens is 1. The third-order valence-corrected chi connectivity index (χ3v) is 4.19. The summed E-state index contributed by atoms with van der Waals surface area (Å²) >= 11 is 1.39. The van der Waals surface area contributed by atoms with E-state index in [1.165, 1.54) is 37.2 Å². The molecule has 3 N–H and O–H groups in total. The van der Waals surface area contributed by atoms with E-state index in [4.69, 9.17) is 10.5 Å². The first-order valence-electron chi connectivity index (χ1n) is 6.72. The SMILES string of the molecule is CCCC1(CNc2snc(N)c2OC(C)C)CC1. The highest BCUT2D eigenvalue weighted by Crippen LogP contribution is 2.50. The van der Waals surface area contributed by atoms with Crippen molar-refractivity contribution in [1.29, 1.82) is 0 Å². The lowest BCUT2D eigenvalue weighted by molar-refractivity contribution is 0.245. The lowest BCUT2D eigenvalue weighted by Gasteiger charge is -2.16. The molecule has 1 saturated carbocycles. The summed E-state index contributed by atoms with van der Waals surface area (Å²) in [5.41, 5.74) is 6.35. The first-order valence-corrected chi connectivity index (χ1v) is 7.49. The molecule has 0 radical (unpaired) electrons. The summed E-state index contributed by atoms with van der Waals surface area (Å²) in [5.74, 6) is 1.22. The largest absolute Gasteiger partial charge is 0.484 e. The number of rotatable bonds is 7. The molecule has 4 nitrogen and oxygen atoms in total. The van der Waals surface area contributed by atoms with Crippen LogP contribution in [0.2, 0.25) is 0 Å². The van der Waals surface area contributed by atoms with Gasteiger partial charge in [0.25, 0.3) is 0 Å². The Kier molecular flexibility index (Phi) is 4.00. The van der Waals surface area contributed by atoms with Crippen LogP contribution in [-0.4, -0.2) is 17.0 Å². The maximum atomic E-state index is 5.84. The number of hydrogen-bond acceptors (Lipinski definition) is 5. The van der Waals surface area contributed by atoms with Crippen LogP contribution in [0.5, 0.6) is 5.75 Å². The summed E-state index contributed by atoms with van der Waals surface area (Å²) in [5, 5.41) is 4.45. The monoisotopic (exact) mass is 269 g/mol. The molecule has 1 fully saturated rings. The third kappa shape index (κ3) is 3.07. The molecule has 1 aromatic heterocycles. The molecule has 0 amide bonds. The van der Waals surface area contributed by atoms with Gasteiger partial charge >= 0.3 is 0 Å². The number of nitrogens with two attached hydrogens (primary N) is 1. The average molecular weight is 269 g/mol. The van der Waals surface area contributed by atoms with Crippen molar-refractivity contribution in [2.75, 3.05) is 17.6 Å². The van der Waals surface area contributed by atoms with Gasteiger partial charge in [0.05, 0.1) is 6.10 Å². The molecule has 0 unspecified atom stereocenters. The van der Waals surface area contributed by atoms with Gasteiger partial charge in [-0.2, -0.15) is 4.37 Å². The number of hydrogen-bond donors (Lipinski definition) is 2. The molecule has 0 aliphatic heterocycles. The number of nitrogens with one attached hydrogen (secondary N) is 1. The second-order valence-corrected chi connectivity index (χ2v) is 6.27. The Balaban J connectivity index is 1.97. The van der Waals surface area contributed by atoms with Gasteiger partial charge in [-0.15, -0.1) is 0 Å². The summed E-state index contributed by atoms with van der Waals surface area (Å²) in [7, 11) is 0. The first-order chi connectivity index (χ1) is 8.56.